The van der Waals surface area contributed by atoms with E-state index in [0.717, 1.165) is 11.8 Å². The number of pyridine rings is 1. The van der Waals surface area contributed by atoms with Gasteiger partial charge in [0.15, 0.2) is 0 Å². The van der Waals surface area contributed by atoms with Crippen molar-refractivity contribution in [1.82, 2.24) is 9.88 Å². The summed E-state index contributed by atoms with van der Waals surface area (Å²) in [6.07, 6.45) is 6.33. The van der Waals surface area contributed by atoms with Gasteiger partial charge < -0.3 is 9.88 Å². The van der Waals surface area contributed by atoms with Crippen LogP contribution in [0.4, 0.5) is 0 Å². The number of carbonyl (C=O) groups excluding carboxylic acids is 1. The summed E-state index contributed by atoms with van der Waals surface area (Å²) in [5.41, 5.74) is -0.107. The SMILES string of the molecule is C[C@@H]1CCCC[C@@H]1NC(=O)Cn1ccc2ccccc2c1=O. The first-order valence-electron chi connectivity index (χ1n) is 8.03. The van der Waals surface area contributed by atoms with Crippen LogP contribution in [0.2, 0.25) is 0 Å². The Morgan fingerprint density at radius 3 is 2.82 bits per heavy atom. The molecule has 1 N–H and O–H groups in total. The molecule has 1 aromatic heterocycles. The van der Waals surface area contributed by atoms with Gasteiger partial charge in [-0.1, -0.05) is 38.0 Å². The van der Waals surface area contributed by atoms with E-state index in [-0.39, 0.29) is 24.1 Å². The first-order chi connectivity index (χ1) is 10.6. The summed E-state index contributed by atoms with van der Waals surface area (Å²) in [5.74, 6) is 0.446. The van der Waals surface area contributed by atoms with E-state index in [1.165, 1.54) is 23.8 Å². The lowest BCUT2D eigenvalue weighted by molar-refractivity contribution is -0.123. The average Bonchev–Trinajstić information content (AvgIpc) is 2.53. The van der Waals surface area contributed by atoms with Crippen molar-refractivity contribution in [2.75, 3.05) is 0 Å². The second kappa shape index (κ2) is 6.34. The maximum Gasteiger partial charge on any atom is 0.258 e. The van der Waals surface area contributed by atoms with Crippen LogP contribution in [0.1, 0.15) is 32.6 Å². The van der Waals surface area contributed by atoms with Crippen LogP contribution >= 0.6 is 0 Å². The number of benzene rings is 1. The second-order valence-electron chi connectivity index (χ2n) is 6.27. The number of rotatable bonds is 3. The van der Waals surface area contributed by atoms with Gasteiger partial charge in [0.25, 0.3) is 5.56 Å². The Hall–Kier alpha value is -2.10. The van der Waals surface area contributed by atoms with Gasteiger partial charge in [0, 0.05) is 17.6 Å². The zero-order valence-electron chi connectivity index (χ0n) is 12.9. The summed E-state index contributed by atoms with van der Waals surface area (Å²) in [6, 6.07) is 9.59. The number of amides is 1. The topological polar surface area (TPSA) is 51.1 Å². The molecule has 4 nitrogen and oxygen atoms in total. The molecule has 1 aromatic carbocycles. The van der Waals surface area contributed by atoms with Gasteiger partial charge in [-0.25, -0.2) is 0 Å². The third-order valence-electron chi connectivity index (χ3n) is 4.66. The fourth-order valence-corrected chi connectivity index (χ4v) is 3.29. The van der Waals surface area contributed by atoms with Crippen molar-refractivity contribution in [2.45, 2.75) is 45.2 Å². The molecule has 0 saturated heterocycles. The Labute approximate surface area is 130 Å². The summed E-state index contributed by atoms with van der Waals surface area (Å²) < 4.78 is 1.49. The van der Waals surface area contributed by atoms with Gasteiger partial charge in [-0.05, 0) is 36.3 Å². The number of hydrogen-bond acceptors (Lipinski definition) is 2. The highest BCUT2D eigenvalue weighted by Crippen LogP contribution is 2.23. The molecule has 1 aliphatic carbocycles. The maximum absolute atomic E-state index is 12.4. The van der Waals surface area contributed by atoms with Gasteiger partial charge in [0.05, 0.1) is 0 Å². The van der Waals surface area contributed by atoms with Crippen LogP contribution in [-0.4, -0.2) is 16.5 Å². The number of nitrogens with zero attached hydrogens (tertiary/aromatic N) is 1. The lowest BCUT2D eigenvalue weighted by Gasteiger charge is -2.29. The minimum atomic E-state index is -0.107. The predicted octanol–water partition coefficient (Wildman–Crippen LogP) is 2.70. The highest BCUT2D eigenvalue weighted by molar-refractivity contribution is 5.82. The van der Waals surface area contributed by atoms with Gasteiger partial charge in [-0.15, -0.1) is 0 Å². The largest absolute Gasteiger partial charge is 0.352 e. The molecule has 1 aliphatic rings. The molecule has 4 heteroatoms. The minimum Gasteiger partial charge on any atom is -0.352 e. The smallest absolute Gasteiger partial charge is 0.258 e. The van der Waals surface area contributed by atoms with E-state index in [0.29, 0.717) is 11.3 Å². The zero-order valence-corrected chi connectivity index (χ0v) is 12.9. The van der Waals surface area contributed by atoms with Crippen LogP contribution in [0.15, 0.2) is 41.3 Å². The normalized spacial score (nSPS) is 21.7. The zero-order chi connectivity index (χ0) is 15.5. The predicted molar refractivity (Wildman–Crippen MR) is 87.8 cm³/mol. The van der Waals surface area contributed by atoms with Gasteiger partial charge in [-0.2, -0.15) is 0 Å². The first kappa shape index (κ1) is 14.8. The van der Waals surface area contributed by atoms with E-state index in [4.69, 9.17) is 0 Å². The van der Waals surface area contributed by atoms with Gasteiger partial charge in [-0.3, -0.25) is 9.59 Å². The molecule has 0 spiro atoms. The molecular weight excluding hydrogens is 276 g/mol. The summed E-state index contributed by atoms with van der Waals surface area (Å²) >= 11 is 0. The molecule has 0 unspecified atom stereocenters. The maximum atomic E-state index is 12.4. The summed E-state index contributed by atoms with van der Waals surface area (Å²) in [7, 11) is 0. The van der Waals surface area contributed by atoms with Crippen molar-refractivity contribution in [1.29, 1.82) is 0 Å². The Bertz CT molecular complexity index is 735. The monoisotopic (exact) mass is 298 g/mol. The van der Waals surface area contributed by atoms with E-state index in [9.17, 15) is 9.59 Å². The van der Waals surface area contributed by atoms with E-state index in [2.05, 4.69) is 12.2 Å². The first-order valence-corrected chi connectivity index (χ1v) is 8.03. The second-order valence-corrected chi connectivity index (χ2v) is 6.27. The highest BCUT2D eigenvalue weighted by Gasteiger charge is 2.22. The molecule has 0 radical (unpaired) electrons. The van der Waals surface area contributed by atoms with E-state index in [1.54, 1.807) is 12.3 Å². The average molecular weight is 298 g/mol. The van der Waals surface area contributed by atoms with Crippen LogP contribution in [-0.2, 0) is 11.3 Å². The molecule has 0 bridgehead atoms. The van der Waals surface area contributed by atoms with Crippen molar-refractivity contribution in [3.63, 3.8) is 0 Å². The molecule has 2 atom stereocenters. The third kappa shape index (κ3) is 3.06. The van der Waals surface area contributed by atoms with Crippen LogP contribution < -0.4 is 10.9 Å². The molecule has 2 aromatic rings. The van der Waals surface area contributed by atoms with Crippen LogP contribution in [0.3, 0.4) is 0 Å². The Morgan fingerprint density at radius 2 is 2.00 bits per heavy atom. The number of carbonyl (C=O) groups is 1. The van der Waals surface area contributed by atoms with Gasteiger partial charge in [0.1, 0.15) is 6.54 Å². The Morgan fingerprint density at radius 1 is 1.23 bits per heavy atom. The van der Waals surface area contributed by atoms with Crippen molar-refractivity contribution in [2.24, 2.45) is 5.92 Å². The molecule has 1 heterocycles. The molecular formula is C18H22N2O2. The van der Waals surface area contributed by atoms with E-state index >= 15 is 0 Å². The van der Waals surface area contributed by atoms with Crippen molar-refractivity contribution in [3.8, 4) is 0 Å². The molecule has 0 aliphatic heterocycles. The standard InChI is InChI=1S/C18H22N2O2/c1-13-6-2-5-9-16(13)19-17(21)12-20-11-10-14-7-3-4-8-15(14)18(20)22/h3-4,7-8,10-11,13,16H,2,5-6,9,12H2,1H3,(H,19,21)/t13-,16+/m1/s1. The minimum absolute atomic E-state index is 0.0730. The van der Waals surface area contributed by atoms with Crippen LogP contribution in [0.25, 0.3) is 10.8 Å². The molecule has 3 rings (SSSR count). The number of hydrogen-bond donors (Lipinski definition) is 1. The van der Waals surface area contributed by atoms with Crippen LogP contribution in [0.5, 0.6) is 0 Å². The molecule has 22 heavy (non-hydrogen) atoms. The molecule has 1 fully saturated rings. The lowest BCUT2D eigenvalue weighted by Crippen LogP contribution is -2.43. The van der Waals surface area contributed by atoms with Crippen molar-refractivity contribution < 1.29 is 4.79 Å². The fraction of sp³-hybridized carbons (Fsp3) is 0.444. The summed E-state index contributed by atoms with van der Waals surface area (Å²) in [4.78, 5) is 24.6. The van der Waals surface area contributed by atoms with Crippen molar-refractivity contribution >= 4 is 16.7 Å². The fourth-order valence-electron chi connectivity index (χ4n) is 3.29. The third-order valence-corrected chi connectivity index (χ3v) is 4.66. The quantitative estimate of drug-likeness (QED) is 0.947. The van der Waals surface area contributed by atoms with Gasteiger partial charge in [0.2, 0.25) is 5.91 Å². The van der Waals surface area contributed by atoms with Gasteiger partial charge >= 0.3 is 0 Å². The highest BCUT2D eigenvalue weighted by atomic mass is 16.2. The summed E-state index contributed by atoms with van der Waals surface area (Å²) in [5, 5.41) is 4.66. The number of aromatic nitrogens is 1. The Balaban J connectivity index is 1.74. The Kier molecular flexibility index (Phi) is 4.27. The molecule has 116 valence electrons. The molecule has 1 amide bonds. The number of nitrogens with one attached hydrogen (secondary N) is 1. The summed E-state index contributed by atoms with van der Waals surface area (Å²) in [6.45, 7) is 2.28. The van der Waals surface area contributed by atoms with E-state index < -0.39 is 0 Å². The van der Waals surface area contributed by atoms with Crippen LogP contribution in [0, 0.1) is 5.92 Å². The van der Waals surface area contributed by atoms with Crippen molar-refractivity contribution in [3.05, 3.63) is 46.9 Å². The van der Waals surface area contributed by atoms with E-state index in [1.807, 2.05) is 24.3 Å². The number of fused-ring (bicyclic) bond motifs is 1. The lowest BCUT2D eigenvalue weighted by atomic mass is 9.86. The molecule has 1 saturated carbocycles.